The molecule has 0 unspecified atom stereocenters. The van der Waals surface area contributed by atoms with Crippen molar-refractivity contribution in [2.45, 2.75) is 19.3 Å². The van der Waals surface area contributed by atoms with Crippen LogP contribution < -0.4 is 10.5 Å². The molecule has 0 aromatic heterocycles. The summed E-state index contributed by atoms with van der Waals surface area (Å²) in [6.07, 6.45) is 3.40. The molecule has 102 valence electrons. The molecule has 2 nitrogen and oxygen atoms in total. The molecule has 0 bridgehead atoms. The van der Waals surface area contributed by atoms with E-state index in [0.717, 1.165) is 18.6 Å². The van der Waals surface area contributed by atoms with Crippen molar-refractivity contribution in [2.24, 2.45) is 5.73 Å². The van der Waals surface area contributed by atoms with Crippen molar-refractivity contribution in [3.8, 4) is 11.5 Å². The zero-order valence-electron chi connectivity index (χ0n) is 10.9. The Morgan fingerprint density at radius 2 is 1.90 bits per heavy atom. The van der Waals surface area contributed by atoms with Crippen LogP contribution in [0.1, 0.15) is 23.1 Å². The molecule has 20 heavy (non-hydrogen) atoms. The first kappa shape index (κ1) is 13.1. The third-order valence-electron chi connectivity index (χ3n) is 3.50. The zero-order valence-corrected chi connectivity index (χ0v) is 11.7. The molecule has 0 fully saturated rings. The summed E-state index contributed by atoms with van der Waals surface area (Å²) in [5.41, 5.74) is 8.73. The van der Waals surface area contributed by atoms with Gasteiger partial charge in [-0.05, 0) is 60.7 Å². The molecule has 0 spiro atoms. The summed E-state index contributed by atoms with van der Waals surface area (Å²) in [5.74, 6) is 0.834. The van der Waals surface area contributed by atoms with E-state index in [4.69, 9.17) is 22.7 Å². The van der Waals surface area contributed by atoms with Gasteiger partial charge in [-0.1, -0.05) is 18.3 Å². The maximum absolute atomic E-state index is 13.3. The van der Waals surface area contributed by atoms with Crippen LogP contribution in [0.25, 0.3) is 0 Å². The van der Waals surface area contributed by atoms with Crippen LogP contribution in [-0.2, 0) is 12.8 Å². The fourth-order valence-electron chi connectivity index (χ4n) is 2.52. The van der Waals surface area contributed by atoms with Gasteiger partial charge in [0.05, 0.1) is 5.56 Å². The SMILES string of the molecule is NC(=S)c1cc(F)ccc1Oc1ccc2c(c1)CCC2. The number of nitrogens with two attached hydrogens (primary N) is 1. The molecule has 2 N–H and O–H groups in total. The smallest absolute Gasteiger partial charge is 0.137 e. The van der Waals surface area contributed by atoms with E-state index in [9.17, 15) is 4.39 Å². The predicted octanol–water partition coefficient (Wildman–Crippen LogP) is 3.74. The molecule has 1 aliphatic rings. The molecule has 2 aromatic rings. The van der Waals surface area contributed by atoms with Crippen molar-refractivity contribution in [1.82, 2.24) is 0 Å². The molecule has 4 heteroatoms. The number of halogens is 1. The average Bonchev–Trinajstić information content (AvgIpc) is 2.88. The lowest BCUT2D eigenvalue weighted by atomic mass is 10.1. The highest BCUT2D eigenvalue weighted by Crippen LogP contribution is 2.30. The molecule has 0 saturated carbocycles. The Balaban J connectivity index is 1.93. The van der Waals surface area contributed by atoms with E-state index >= 15 is 0 Å². The number of fused-ring (bicyclic) bond motifs is 1. The zero-order chi connectivity index (χ0) is 14.1. The van der Waals surface area contributed by atoms with Gasteiger partial charge in [0.25, 0.3) is 0 Å². The number of hydrogen-bond acceptors (Lipinski definition) is 2. The van der Waals surface area contributed by atoms with Crippen LogP contribution >= 0.6 is 12.2 Å². The monoisotopic (exact) mass is 287 g/mol. The summed E-state index contributed by atoms with van der Waals surface area (Å²) in [5, 5.41) is 0. The van der Waals surface area contributed by atoms with Gasteiger partial charge in [0.15, 0.2) is 0 Å². The number of rotatable bonds is 3. The summed E-state index contributed by atoms with van der Waals surface area (Å²) < 4.78 is 19.1. The van der Waals surface area contributed by atoms with Crippen molar-refractivity contribution in [1.29, 1.82) is 0 Å². The first-order chi connectivity index (χ1) is 9.63. The Hall–Kier alpha value is -1.94. The van der Waals surface area contributed by atoms with Gasteiger partial charge in [0.2, 0.25) is 0 Å². The number of ether oxygens (including phenoxy) is 1. The lowest BCUT2D eigenvalue weighted by Gasteiger charge is -2.11. The Kier molecular flexibility index (Phi) is 3.40. The van der Waals surface area contributed by atoms with Crippen LogP contribution in [0.4, 0.5) is 4.39 Å². The van der Waals surface area contributed by atoms with E-state index in [1.807, 2.05) is 12.1 Å². The molecule has 1 aliphatic carbocycles. The lowest BCUT2D eigenvalue weighted by molar-refractivity contribution is 0.479. The molecule has 0 atom stereocenters. The molecule has 0 aliphatic heterocycles. The van der Waals surface area contributed by atoms with Gasteiger partial charge in [-0.2, -0.15) is 0 Å². The quantitative estimate of drug-likeness (QED) is 0.873. The Labute approximate surface area is 122 Å². The molecular formula is C16H14FNOS. The van der Waals surface area contributed by atoms with Crippen molar-refractivity contribution in [3.05, 3.63) is 58.9 Å². The van der Waals surface area contributed by atoms with Crippen LogP contribution in [0.15, 0.2) is 36.4 Å². The highest BCUT2D eigenvalue weighted by atomic mass is 32.1. The fraction of sp³-hybridized carbons (Fsp3) is 0.188. The predicted molar refractivity (Wildman–Crippen MR) is 80.8 cm³/mol. The first-order valence-electron chi connectivity index (χ1n) is 6.52. The van der Waals surface area contributed by atoms with Gasteiger partial charge in [-0.25, -0.2) is 4.39 Å². The van der Waals surface area contributed by atoms with Crippen LogP contribution in [0.5, 0.6) is 11.5 Å². The summed E-state index contributed by atoms with van der Waals surface area (Å²) in [6.45, 7) is 0. The minimum Gasteiger partial charge on any atom is -0.457 e. The summed E-state index contributed by atoms with van der Waals surface area (Å²) in [4.78, 5) is 0.126. The van der Waals surface area contributed by atoms with Crippen LogP contribution in [0.2, 0.25) is 0 Å². The topological polar surface area (TPSA) is 35.2 Å². The highest BCUT2D eigenvalue weighted by molar-refractivity contribution is 7.80. The van der Waals surface area contributed by atoms with E-state index < -0.39 is 0 Å². The Bertz CT molecular complexity index is 684. The van der Waals surface area contributed by atoms with Crippen molar-refractivity contribution in [3.63, 3.8) is 0 Å². The van der Waals surface area contributed by atoms with Gasteiger partial charge in [-0.3, -0.25) is 0 Å². The number of hydrogen-bond donors (Lipinski definition) is 1. The second-order valence-electron chi connectivity index (χ2n) is 4.89. The highest BCUT2D eigenvalue weighted by Gasteiger charge is 2.13. The molecule has 0 amide bonds. The van der Waals surface area contributed by atoms with Crippen LogP contribution in [0, 0.1) is 5.82 Å². The van der Waals surface area contributed by atoms with Crippen molar-refractivity contribution in [2.75, 3.05) is 0 Å². The number of thiocarbonyl (C=S) groups is 1. The van der Waals surface area contributed by atoms with E-state index in [2.05, 4.69) is 6.07 Å². The molecule has 0 radical (unpaired) electrons. The van der Waals surface area contributed by atoms with Crippen LogP contribution in [0.3, 0.4) is 0 Å². The Morgan fingerprint density at radius 1 is 1.10 bits per heavy atom. The van der Waals surface area contributed by atoms with Crippen molar-refractivity contribution >= 4 is 17.2 Å². The van der Waals surface area contributed by atoms with Crippen molar-refractivity contribution < 1.29 is 9.13 Å². The van der Waals surface area contributed by atoms with Gasteiger partial charge >= 0.3 is 0 Å². The lowest BCUT2D eigenvalue weighted by Crippen LogP contribution is -2.11. The molecule has 3 rings (SSSR count). The van der Waals surface area contributed by atoms with Gasteiger partial charge in [-0.15, -0.1) is 0 Å². The molecular weight excluding hydrogens is 273 g/mol. The van der Waals surface area contributed by atoms with E-state index in [0.29, 0.717) is 11.3 Å². The fourth-order valence-corrected chi connectivity index (χ4v) is 2.68. The number of benzene rings is 2. The summed E-state index contributed by atoms with van der Waals surface area (Å²) in [6, 6.07) is 10.2. The van der Waals surface area contributed by atoms with Gasteiger partial charge < -0.3 is 10.5 Å². The summed E-state index contributed by atoms with van der Waals surface area (Å²) in [7, 11) is 0. The normalized spacial score (nSPS) is 13.1. The number of aryl methyl sites for hydroxylation is 2. The minimum absolute atomic E-state index is 0.126. The molecule has 2 aromatic carbocycles. The van der Waals surface area contributed by atoms with Gasteiger partial charge in [0.1, 0.15) is 22.3 Å². The minimum atomic E-state index is -0.380. The second kappa shape index (κ2) is 5.21. The van der Waals surface area contributed by atoms with E-state index in [1.165, 1.54) is 29.7 Å². The standard InChI is InChI=1S/C16H14FNOS/c17-12-5-7-15(14(9-12)16(18)20)19-13-6-4-10-2-1-3-11(10)8-13/h4-9H,1-3H2,(H2,18,20). The van der Waals surface area contributed by atoms with E-state index in [-0.39, 0.29) is 10.8 Å². The molecule has 0 saturated heterocycles. The summed E-state index contributed by atoms with van der Waals surface area (Å²) >= 11 is 4.94. The first-order valence-corrected chi connectivity index (χ1v) is 6.93. The largest absolute Gasteiger partial charge is 0.457 e. The third kappa shape index (κ3) is 2.51. The maximum atomic E-state index is 13.3. The average molecular weight is 287 g/mol. The molecule has 0 heterocycles. The van der Waals surface area contributed by atoms with Crippen LogP contribution in [-0.4, -0.2) is 4.99 Å². The van der Waals surface area contributed by atoms with Gasteiger partial charge in [0, 0.05) is 0 Å². The Morgan fingerprint density at radius 3 is 2.70 bits per heavy atom. The van der Waals surface area contributed by atoms with E-state index in [1.54, 1.807) is 6.07 Å². The third-order valence-corrected chi connectivity index (χ3v) is 3.72. The second-order valence-corrected chi connectivity index (χ2v) is 5.33. The maximum Gasteiger partial charge on any atom is 0.137 e.